The SMILES string of the molecule is NC(=O)C1CC2CN1CCNCOC1CCCC1CC/C=C\Cc1cc3ccccc3nc1O2. The van der Waals surface area contributed by atoms with Gasteiger partial charge in [-0.3, -0.25) is 15.0 Å². The molecule has 182 valence electrons. The van der Waals surface area contributed by atoms with Gasteiger partial charge in [0.25, 0.3) is 0 Å². The standard InChI is InChI=1S/C27H36N4O3/c28-26(32)24-16-22-17-31(24)14-13-29-18-33-25-12-6-10-19(25)7-2-1-3-9-21-15-20-8-4-5-11-23(20)30-27(21)34-22/h1,3-5,8,11,15,19,22,24-25,29H,2,6-7,9-10,12-14,16-18H2,(H2,28,32)/b3-1-. The molecule has 7 nitrogen and oxygen atoms in total. The van der Waals surface area contributed by atoms with Crippen molar-refractivity contribution in [1.29, 1.82) is 0 Å². The van der Waals surface area contributed by atoms with Crippen molar-refractivity contribution in [2.75, 3.05) is 26.4 Å². The van der Waals surface area contributed by atoms with Crippen LogP contribution < -0.4 is 15.8 Å². The third kappa shape index (κ3) is 5.43. The topological polar surface area (TPSA) is 89.7 Å². The second-order valence-electron chi connectivity index (χ2n) is 9.83. The van der Waals surface area contributed by atoms with Crippen LogP contribution in [-0.4, -0.2) is 60.4 Å². The Morgan fingerprint density at radius 2 is 2.09 bits per heavy atom. The fraction of sp³-hybridized carbons (Fsp3) is 0.556. The number of hydrogen-bond donors (Lipinski definition) is 2. The van der Waals surface area contributed by atoms with Gasteiger partial charge in [0.15, 0.2) is 0 Å². The second-order valence-corrected chi connectivity index (χ2v) is 9.83. The molecule has 5 unspecified atom stereocenters. The lowest BCUT2D eigenvalue weighted by molar-refractivity contribution is -0.122. The van der Waals surface area contributed by atoms with Crippen molar-refractivity contribution in [1.82, 2.24) is 15.2 Å². The fourth-order valence-electron chi connectivity index (χ4n) is 5.69. The lowest BCUT2D eigenvalue weighted by atomic mass is 9.99. The monoisotopic (exact) mass is 464 g/mol. The van der Waals surface area contributed by atoms with Gasteiger partial charge in [0.05, 0.1) is 24.4 Å². The molecule has 2 bridgehead atoms. The van der Waals surface area contributed by atoms with Crippen LogP contribution in [0.5, 0.6) is 5.88 Å². The number of rotatable bonds is 1. The Bertz CT molecular complexity index is 1030. The zero-order chi connectivity index (χ0) is 23.3. The number of carbonyl (C=O) groups is 1. The average Bonchev–Trinajstić information content (AvgIpc) is 3.45. The highest BCUT2D eigenvalue weighted by Gasteiger charge is 2.37. The first-order chi connectivity index (χ1) is 16.7. The summed E-state index contributed by atoms with van der Waals surface area (Å²) in [5, 5.41) is 4.51. The third-order valence-electron chi connectivity index (χ3n) is 7.51. The fourth-order valence-corrected chi connectivity index (χ4v) is 5.69. The number of para-hydroxylation sites is 1. The van der Waals surface area contributed by atoms with E-state index < -0.39 is 0 Å². The van der Waals surface area contributed by atoms with E-state index in [1.807, 2.05) is 18.2 Å². The van der Waals surface area contributed by atoms with Crippen molar-refractivity contribution in [3.8, 4) is 5.88 Å². The van der Waals surface area contributed by atoms with Crippen LogP contribution in [0.1, 0.15) is 44.1 Å². The molecular weight excluding hydrogens is 428 g/mol. The van der Waals surface area contributed by atoms with Crippen molar-refractivity contribution >= 4 is 16.8 Å². The van der Waals surface area contributed by atoms with E-state index in [-0.39, 0.29) is 18.1 Å². The van der Waals surface area contributed by atoms with E-state index in [2.05, 4.69) is 34.5 Å². The summed E-state index contributed by atoms with van der Waals surface area (Å²) < 4.78 is 12.6. The zero-order valence-corrected chi connectivity index (χ0v) is 19.8. The summed E-state index contributed by atoms with van der Waals surface area (Å²) in [5.74, 6) is 1.00. The van der Waals surface area contributed by atoms with Crippen molar-refractivity contribution in [3.63, 3.8) is 0 Å². The number of nitrogens with one attached hydrogen (secondary N) is 1. The highest BCUT2D eigenvalue weighted by atomic mass is 16.5. The van der Waals surface area contributed by atoms with Crippen LogP contribution in [0.25, 0.3) is 10.9 Å². The molecule has 34 heavy (non-hydrogen) atoms. The van der Waals surface area contributed by atoms with E-state index in [4.69, 9.17) is 20.2 Å². The predicted octanol–water partition coefficient (Wildman–Crippen LogP) is 3.17. The quantitative estimate of drug-likeness (QED) is 0.630. The molecule has 0 spiro atoms. The molecule has 3 N–H and O–H groups in total. The minimum absolute atomic E-state index is 0.122. The Hall–Kier alpha value is -2.48. The summed E-state index contributed by atoms with van der Waals surface area (Å²) in [6.07, 6.45) is 12.0. The number of aromatic nitrogens is 1. The smallest absolute Gasteiger partial charge is 0.234 e. The third-order valence-corrected chi connectivity index (χ3v) is 7.51. The Labute approximate surface area is 201 Å². The number of benzene rings is 1. The van der Waals surface area contributed by atoms with Crippen molar-refractivity contribution < 1.29 is 14.3 Å². The summed E-state index contributed by atoms with van der Waals surface area (Å²) in [6.45, 7) is 2.68. The van der Waals surface area contributed by atoms with Gasteiger partial charge < -0.3 is 15.2 Å². The maximum Gasteiger partial charge on any atom is 0.234 e. The van der Waals surface area contributed by atoms with Crippen LogP contribution in [0.3, 0.4) is 0 Å². The molecule has 1 aromatic carbocycles. The first-order valence-electron chi connectivity index (χ1n) is 12.7. The number of allylic oxidation sites excluding steroid dienone is 2. The number of fused-ring (bicyclic) bond motifs is 5. The number of ether oxygens (including phenoxy) is 2. The number of hydrogen-bond acceptors (Lipinski definition) is 6. The van der Waals surface area contributed by atoms with E-state index in [0.29, 0.717) is 37.6 Å². The number of nitrogens with zero attached hydrogens (tertiary/aromatic N) is 2. The minimum atomic E-state index is -0.321. The summed E-state index contributed by atoms with van der Waals surface area (Å²) in [4.78, 5) is 19.1. The largest absolute Gasteiger partial charge is 0.473 e. The molecule has 1 aliphatic carbocycles. The molecule has 1 aromatic heterocycles. The van der Waals surface area contributed by atoms with Crippen LogP contribution in [-0.2, 0) is 16.0 Å². The molecule has 7 heteroatoms. The zero-order valence-electron chi connectivity index (χ0n) is 19.8. The molecule has 2 aromatic rings. The predicted molar refractivity (Wildman–Crippen MR) is 132 cm³/mol. The van der Waals surface area contributed by atoms with Gasteiger partial charge in [-0.15, -0.1) is 0 Å². The van der Waals surface area contributed by atoms with E-state index in [1.165, 1.54) is 12.8 Å². The molecular formula is C27H36N4O3. The van der Waals surface area contributed by atoms with Crippen LogP contribution in [0.2, 0.25) is 0 Å². The molecule has 5 atom stereocenters. The van der Waals surface area contributed by atoms with Gasteiger partial charge in [0, 0.05) is 37.0 Å². The second kappa shape index (κ2) is 10.8. The molecule has 1 saturated carbocycles. The minimum Gasteiger partial charge on any atom is -0.473 e. The molecule has 2 fully saturated rings. The summed E-state index contributed by atoms with van der Waals surface area (Å²) in [5.41, 5.74) is 7.74. The first-order valence-corrected chi connectivity index (χ1v) is 12.7. The molecule has 0 radical (unpaired) electrons. The molecule has 3 aliphatic rings. The van der Waals surface area contributed by atoms with Gasteiger partial charge in [-0.1, -0.05) is 36.8 Å². The highest BCUT2D eigenvalue weighted by Crippen LogP contribution is 2.32. The average molecular weight is 465 g/mol. The maximum atomic E-state index is 12.2. The molecule has 3 heterocycles. The Balaban J connectivity index is 1.39. The summed E-state index contributed by atoms with van der Waals surface area (Å²) in [7, 11) is 0. The van der Waals surface area contributed by atoms with Gasteiger partial charge in [0.2, 0.25) is 11.8 Å². The lowest BCUT2D eigenvalue weighted by Gasteiger charge is -2.23. The van der Waals surface area contributed by atoms with E-state index >= 15 is 0 Å². The normalized spacial score (nSPS) is 31.6. The molecule has 1 amide bonds. The number of amides is 1. The maximum absolute atomic E-state index is 12.2. The van der Waals surface area contributed by atoms with Gasteiger partial charge in [-0.25, -0.2) is 4.98 Å². The Morgan fingerprint density at radius 1 is 1.18 bits per heavy atom. The first kappa shape index (κ1) is 23.3. The van der Waals surface area contributed by atoms with Crippen molar-refractivity contribution in [2.45, 2.75) is 63.2 Å². The van der Waals surface area contributed by atoms with Gasteiger partial charge in [-0.05, 0) is 50.2 Å². The van der Waals surface area contributed by atoms with Crippen molar-refractivity contribution in [3.05, 3.63) is 48.0 Å². The number of carbonyl (C=O) groups excluding carboxylic acids is 1. The number of nitrogens with two attached hydrogens (primary N) is 1. The number of primary amides is 1. The summed E-state index contributed by atoms with van der Waals surface area (Å²) in [6, 6.07) is 10.00. The van der Waals surface area contributed by atoms with Crippen LogP contribution in [0.4, 0.5) is 0 Å². The van der Waals surface area contributed by atoms with Crippen LogP contribution in [0.15, 0.2) is 42.5 Å². The number of pyridine rings is 1. The Kier molecular flexibility index (Phi) is 7.42. The van der Waals surface area contributed by atoms with E-state index in [9.17, 15) is 4.79 Å². The molecule has 1 saturated heterocycles. The van der Waals surface area contributed by atoms with Crippen molar-refractivity contribution in [2.24, 2.45) is 11.7 Å². The Morgan fingerprint density at radius 3 is 3.00 bits per heavy atom. The van der Waals surface area contributed by atoms with Gasteiger partial charge >= 0.3 is 0 Å². The van der Waals surface area contributed by atoms with Crippen LogP contribution >= 0.6 is 0 Å². The lowest BCUT2D eigenvalue weighted by Crippen LogP contribution is -2.43. The highest BCUT2D eigenvalue weighted by molar-refractivity contribution is 5.81. The molecule has 2 aliphatic heterocycles. The van der Waals surface area contributed by atoms with Crippen LogP contribution in [0, 0.1) is 5.92 Å². The van der Waals surface area contributed by atoms with E-state index in [1.54, 1.807) is 0 Å². The van der Waals surface area contributed by atoms with Gasteiger partial charge in [-0.2, -0.15) is 0 Å². The summed E-state index contributed by atoms with van der Waals surface area (Å²) >= 11 is 0. The molecule has 5 rings (SSSR count). The van der Waals surface area contributed by atoms with E-state index in [0.717, 1.165) is 55.2 Å². The van der Waals surface area contributed by atoms with Gasteiger partial charge in [0.1, 0.15) is 6.10 Å².